The standard InChI is InChI=1S/C10H18N4O2/c1-10(2,3)16-9(15)14-4-6-7(5-14)12-13-8(6)11/h6-7,12H,4-5H2,1-3H3,(H2,11,13)/t6-,7+/m1/s1. The van der Waals surface area contributed by atoms with Gasteiger partial charge in [-0.25, -0.2) is 4.79 Å². The van der Waals surface area contributed by atoms with E-state index in [0.717, 1.165) is 0 Å². The lowest BCUT2D eigenvalue weighted by atomic mass is 10.1. The molecule has 6 heteroatoms. The van der Waals surface area contributed by atoms with E-state index in [4.69, 9.17) is 10.5 Å². The molecule has 0 aliphatic carbocycles. The molecular weight excluding hydrogens is 208 g/mol. The van der Waals surface area contributed by atoms with Gasteiger partial charge in [0.25, 0.3) is 0 Å². The lowest BCUT2D eigenvalue weighted by Crippen LogP contribution is -2.37. The quantitative estimate of drug-likeness (QED) is 0.614. The summed E-state index contributed by atoms with van der Waals surface area (Å²) in [6.45, 7) is 6.76. The number of hydrazone groups is 1. The summed E-state index contributed by atoms with van der Waals surface area (Å²) in [5, 5.41) is 3.95. The number of hydrogen-bond donors (Lipinski definition) is 2. The van der Waals surface area contributed by atoms with Crippen LogP contribution in [0, 0.1) is 5.92 Å². The average molecular weight is 226 g/mol. The van der Waals surface area contributed by atoms with Crippen LogP contribution in [-0.4, -0.2) is 41.6 Å². The lowest BCUT2D eigenvalue weighted by Gasteiger charge is -2.24. The van der Waals surface area contributed by atoms with Gasteiger partial charge in [-0.3, -0.25) is 0 Å². The molecule has 2 aliphatic rings. The third-order valence-corrected chi connectivity index (χ3v) is 2.71. The maximum atomic E-state index is 11.8. The number of nitrogens with one attached hydrogen (secondary N) is 1. The number of nitrogens with two attached hydrogens (primary N) is 1. The maximum absolute atomic E-state index is 11.8. The minimum Gasteiger partial charge on any atom is -0.444 e. The first-order valence-corrected chi connectivity index (χ1v) is 5.43. The number of carbonyl (C=O) groups is 1. The molecule has 1 saturated heterocycles. The third-order valence-electron chi connectivity index (χ3n) is 2.71. The van der Waals surface area contributed by atoms with Crippen molar-refractivity contribution in [2.45, 2.75) is 32.4 Å². The van der Waals surface area contributed by atoms with Crippen LogP contribution in [0.4, 0.5) is 4.79 Å². The van der Waals surface area contributed by atoms with Crippen molar-refractivity contribution in [2.75, 3.05) is 13.1 Å². The molecule has 2 aliphatic heterocycles. The van der Waals surface area contributed by atoms with Crippen LogP contribution in [0.3, 0.4) is 0 Å². The van der Waals surface area contributed by atoms with Crippen molar-refractivity contribution in [2.24, 2.45) is 16.8 Å². The van der Waals surface area contributed by atoms with E-state index in [2.05, 4.69) is 10.5 Å². The highest BCUT2D eigenvalue weighted by Gasteiger charge is 2.41. The highest BCUT2D eigenvalue weighted by molar-refractivity contribution is 5.86. The minimum absolute atomic E-state index is 0.132. The summed E-state index contributed by atoms with van der Waals surface area (Å²) in [5.74, 6) is 0.712. The number of fused-ring (bicyclic) bond motifs is 1. The molecule has 0 spiro atoms. The maximum Gasteiger partial charge on any atom is 0.410 e. The number of likely N-dealkylation sites (tertiary alicyclic amines) is 1. The van der Waals surface area contributed by atoms with Crippen molar-refractivity contribution in [3.63, 3.8) is 0 Å². The Hall–Kier alpha value is -1.46. The van der Waals surface area contributed by atoms with Gasteiger partial charge in [-0.1, -0.05) is 0 Å². The zero-order valence-electron chi connectivity index (χ0n) is 9.86. The molecule has 0 unspecified atom stereocenters. The Morgan fingerprint density at radius 2 is 2.25 bits per heavy atom. The Labute approximate surface area is 94.8 Å². The summed E-state index contributed by atoms with van der Waals surface area (Å²) < 4.78 is 5.30. The molecule has 0 saturated carbocycles. The van der Waals surface area contributed by atoms with Crippen LogP contribution in [0.2, 0.25) is 0 Å². The van der Waals surface area contributed by atoms with Crippen LogP contribution in [0.5, 0.6) is 0 Å². The molecule has 2 rings (SSSR count). The Bertz CT molecular complexity index is 334. The normalized spacial score (nSPS) is 28.4. The summed E-state index contributed by atoms with van der Waals surface area (Å²) in [4.78, 5) is 13.5. The topological polar surface area (TPSA) is 80.0 Å². The lowest BCUT2D eigenvalue weighted by molar-refractivity contribution is 0.0288. The fraction of sp³-hybridized carbons (Fsp3) is 0.800. The van der Waals surface area contributed by atoms with Gasteiger partial charge in [0.1, 0.15) is 11.4 Å². The molecule has 6 nitrogen and oxygen atoms in total. The van der Waals surface area contributed by atoms with Gasteiger partial charge in [0.15, 0.2) is 0 Å². The molecule has 16 heavy (non-hydrogen) atoms. The first-order chi connectivity index (χ1) is 7.37. The molecular formula is C10H18N4O2. The zero-order valence-corrected chi connectivity index (χ0v) is 9.86. The molecule has 1 fully saturated rings. The molecule has 0 bridgehead atoms. The van der Waals surface area contributed by atoms with Gasteiger partial charge in [0.05, 0.1) is 12.0 Å². The Morgan fingerprint density at radius 3 is 2.81 bits per heavy atom. The average Bonchev–Trinajstić information content (AvgIpc) is 2.65. The number of rotatable bonds is 0. The van der Waals surface area contributed by atoms with E-state index in [1.165, 1.54) is 0 Å². The Balaban J connectivity index is 1.94. The van der Waals surface area contributed by atoms with E-state index in [1.807, 2.05) is 20.8 Å². The van der Waals surface area contributed by atoms with E-state index in [9.17, 15) is 4.79 Å². The molecule has 3 N–H and O–H groups in total. The second-order valence-corrected chi connectivity index (χ2v) is 5.26. The third kappa shape index (κ3) is 2.05. The van der Waals surface area contributed by atoms with Crippen molar-refractivity contribution < 1.29 is 9.53 Å². The van der Waals surface area contributed by atoms with Crippen molar-refractivity contribution in [3.05, 3.63) is 0 Å². The summed E-state index contributed by atoms with van der Waals surface area (Å²) in [6, 6.07) is 0.146. The van der Waals surface area contributed by atoms with Crippen LogP contribution in [0.15, 0.2) is 5.10 Å². The molecule has 2 heterocycles. The van der Waals surface area contributed by atoms with Crippen molar-refractivity contribution in [1.29, 1.82) is 0 Å². The Morgan fingerprint density at radius 1 is 1.56 bits per heavy atom. The van der Waals surface area contributed by atoms with Crippen LogP contribution >= 0.6 is 0 Å². The highest BCUT2D eigenvalue weighted by atomic mass is 16.6. The van der Waals surface area contributed by atoms with Gasteiger partial charge in [0.2, 0.25) is 0 Å². The predicted octanol–water partition coefficient (Wildman–Crippen LogP) is 0.0973. The van der Waals surface area contributed by atoms with Gasteiger partial charge < -0.3 is 20.8 Å². The van der Waals surface area contributed by atoms with Crippen molar-refractivity contribution >= 4 is 11.9 Å². The van der Waals surface area contributed by atoms with Crippen molar-refractivity contribution in [3.8, 4) is 0 Å². The monoisotopic (exact) mass is 226 g/mol. The van der Waals surface area contributed by atoms with Gasteiger partial charge in [-0.05, 0) is 20.8 Å². The number of amides is 1. The molecule has 0 aromatic carbocycles. The molecule has 0 aromatic rings. The van der Waals surface area contributed by atoms with Gasteiger partial charge in [0, 0.05) is 13.1 Å². The first kappa shape index (κ1) is 11.0. The van der Waals surface area contributed by atoms with Gasteiger partial charge >= 0.3 is 6.09 Å². The van der Waals surface area contributed by atoms with Crippen LogP contribution in [0.1, 0.15) is 20.8 Å². The van der Waals surface area contributed by atoms with Crippen LogP contribution in [0.25, 0.3) is 0 Å². The van der Waals surface area contributed by atoms with Gasteiger partial charge in [-0.2, -0.15) is 5.10 Å². The number of carbonyl (C=O) groups excluding carboxylic acids is 1. The molecule has 2 atom stereocenters. The number of ether oxygens (including phenoxy) is 1. The fourth-order valence-electron chi connectivity index (χ4n) is 1.95. The predicted molar refractivity (Wildman–Crippen MR) is 59.8 cm³/mol. The van der Waals surface area contributed by atoms with E-state index >= 15 is 0 Å². The second kappa shape index (κ2) is 3.54. The summed E-state index contributed by atoms with van der Waals surface area (Å²) in [5.41, 5.74) is 8.19. The van der Waals surface area contributed by atoms with Gasteiger partial charge in [-0.15, -0.1) is 0 Å². The first-order valence-electron chi connectivity index (χ1n) is 5.43. The fourth-order valence-corrected chi connectivity index (χ4v) is 1.95. The summed E-state index contributed by atoms with van der Waals surface area (Å²) in [6.07, 6.45) is -0.281. The molecule has 0 aromatic heterocycles. The second-order valence-electron chi connectivity index (χ2n) is 5.26. The summed E-state index contributed by atoms with van der Waals surface area (Å²) in [7, 11) is 0. The molecule has 0 radical (unpaired) electrons. The van der Waals surface area contributed by atoms with E-state index in [-0.39, 0.29) is 18.1 Å². The molecule has 90 valence electrons. The largest absolute Gasteiger partial charge is 0.444 e. The number of hydrogen-bond acceptors (Lipinski definition) is 5. The molecule has 1 amide bonds. The Kier molecular flexibility index (Phi) is 2.44. The van der Waals surface area contributed by atoms with E-state index in [1.54, 1.807) is 4.90 Å². The smallest absolute Gasteiger partial charge is 0.410 e. The highest BCUT2D eigenvalue weighted by Crippen LogP contribution is 2.22. The van der Waals surface area contributed by atoms with Crippen LogP contribution in [-0.2, 0) is 4.74 Å². The van der Waals surface area contributed by atoms with Crippen LogP contribution < -0.4 is 11.2 Å². The van der Waals surface area contributed by atoms with Crippen molar-refractivity contribution in [1.82, 2.24) is 10.3 Å². The SMILES string of the molecule is CC(C)(C)OC(=O)N1C[C@@H]2NN=C(N)[C@@H]2C1. The number of amidine groups is 1. The van der Waals surface area contributed by atoms with E-state index < -0.39 is 5.60 Å². The minimum atomic E-state index is -0.457. The zero-order chi connectivity index (χ0) is 11.9. The van der Waals surface area contributed by atoms with E-state index in [0.29, 0.717) is 18.9 Å². The number of nitrogens with zero attached hydrogens (tertiary/aromatic N) is 2. The summed E-state index contributed by atoms with van der Waals surface area (Å²) >= 11 is 0.